The summed E-state index contributed by atoms with van der Waals surface area (Å²) in [6.45, 7) is 3.87. The van der Waals surface area contributed by atoms with Crippen molar-refractivity contribution in [3.8, 4) is 0 Å². The zero-order valence-corrected chi connectivity index (χ0v) is 14.3. The van der Waals surface area contributed by atoms with Crippen LogP contribution < -0.4 is 10.6 Å². The van der Waals surface area contributed by atoms with E-state index in [1.54, 1.807) is 0 Å². The number of halogens is 2. The maximum Gasteiger partial charge on any atom is 0.222 e. The lowest BCUT2D eigenvalue weighted by atomic mass is 10.2. The van der Waals surface area contributed by atoms with Crippen molar-refractivity contribution in [3.63, 3.8) is 0 Å². The largest absolute Gasteiger partial charge is 0.379 e. The van der Waals surface area contributed by atoms with Crippen molar-refractivity contribution in [1.82, 2.24) is 15.0 Å². The van der Waals surface area contributed by atoms with Crippen molar-refractivity contribution in [1.29, 1.82) is 0 Å². The van der Waals surface area contributed by atoms with Crippen molar-refractivity contribution in [2.45, 2.75) is 19.4 Å². The van der Waals surface area contributed by atoms with Crippen molar-refractivity contribution >= 4 is 46.3 Å². The molecule has 3 rings (SSSR count). The lowest BCUT2D eigenvalue weighted by Gasteiger charge is -2.29. The van der Waals surface area contributed by atoms with Gasteiger partial charge in [0.25, 0.3) is 0 Å². The molecule has 6 nitrogen and oxygen atoms in total. The Morgan fingerprint density at radius 2 is 2.18 bits per heavy atom. The minimum Gasteiger partial charge on any atom is -0.379 e. The molecule has 2 N–H and O–H groups in total. The first-order valence-corrected chi connectivity index (χ1v) is 8.39. The average Bonchev–Trinajstić information content (AvgIpc) is 2.65. The quantitative estimate of drug-likeness (QED) is 0.887. The zero-order chi connectivity index (χ0) is 15.7. The van der Waals surface area contributed by atoms with E-state index in [2.05, 4.69) is 19.9 Å². The predicted octanol–water partition coefficient (Wildman–Crippen LogP) is 3.10. The van der Waals surface area contributed by atoms with Gasteiger partial charge >= 0.3 is 0 Å². The van der Waals surface area contributed by atoms with Gasteiger partial charge in [0.15, 0.2) is 4.47 Å². The van der Waals surface area contributed by atoms with Crippen molar-refractivity contribution in [3.05, 3.63) is 26.3 Å². The van der Waals surface area contributed by atoms with E-state index in [0.717, 1.165) is 29.4 Å². The summed E-state index contributed by atoms with van der Waals surface area (Å²) in [5.74, 6) is 1.02. The fraction of sp³-hybridized carbons (Fsp3) is 0.462. The van der Waals surface area contributed by atoms with Gasteiger partial charge in [-0.2, -0.15) is 4.98 Å². The normalized spacial score (nSPS) is 19.2. The number of thiazole rings is 1. The minimum absolute atomic E-state index is 0.0892. The highest BCUT2D eigenvalue weighted by molar-refractivity contribution is 7.16. The summed E-state index contributed by atoms with van der Waals surface area (Å²) >= 11 is 13.6. The van der Waals surface area contributed by atoms with E-state index in [-0.39, 0.29) is 12.0 Å². The molecular weight excluding hydrogens is 345 g/mol. The highest BCUT2D eigenvalue weighted by atomic mass is 35.5. The van der Waals surface area contributed by atoms with Gasteiger partial charge in [-0.25, -0.2) is 9.97 Å². The molecule has 9 heteroatoms. The molecule has 1 fully saturated rings. The van der Waals surface area contributed by atoms with Gasteiger partial charge in [0, 0.05) is 24.9 Å². The van der Waals surface area contributed by atoms with Gasteiger partial charge in [0.05, 0.1) is 17.5 Å². The van der Waals surface area contributed by atoms with E-state index in [0.29, 0.717) is 22.8 Å². The summed E-state index contributed by atoms with van der Waals surface area (Å²) in [6.07, 6.45) is 0.892. The molecule has 0 bridgehead atoms. The first-order chi connectivity index (χ1) is 10.5. The van der Waals surface area contributed by atoms with Crippen LogP contribution in [-0.2, 0) is 4.74 Å². The first kappa shape index (κ1) is 15.7. The third kappa shape index (κ3) is 3.27. The van der Waals surface area contributed by atoms with Gasteiger partial charge in [-0.15, -0.1) is 11.3 Å². The molecule has 2 aromatic heterocycles. The second kappa shape index (κ2) is 6.54. The van der Waals surface area contributed by atoms with Crippen LogP contribution in [0.3, 0.4) is 0 Å². The molecule has 1 aliphatic heterocycles. The number of anilines is 2. The molecule has 0 aromatic carbocycles. The lowest BCUT2D eigenvalue weighted by Crippen LogP contribution is -2.31. The monoisotopic (exact) mass is 359 g/mol. The fourth-order valence-electron chi connectivity index (χ4n) is 2.48. The van der Waals surface area contributed by atoms with Crippen LogP contribution in [0.2, 0.25) is 9.62 Å². The van der Waals surface area contributed by atoms with E-state index < -0.39 is 0 Å². The number of hydrogen-bond acceptors (Lipinski definition) is 7. The van der Waals surface area contributed by atoms with Gasteiger partial charge in [-0.1, -0.05) is 23.2 Å². The molecule has 0 spiro atoms. The number of nitrogens with zero attached hydrogens (tertiary/aromatic N) is 4. The van der Waals surface area contributed by atoms with E-state index in [1.165, 1.54) is 11.3 Å². The maximum atomic E-state index is 6.22. The second-order valence-corrected chi connectivity index (χ2v) is 6.96. The van der Waals surface area contributed by atoms with Crippen LogP contribution in [0, 0.1) is 6.92 Å². The second-order valence-electron chi connectivity index (χ2n) is 4.99. The Morgan fingerprint density at radius 3 is 2.86 bits per heavy atom. The summed E-state index contributed by atoms with van der Waals surface area (Å²) < 4.78 is 6.12. The van der Waals surface area contributed by atoms with Gasteiger partial charge in [0.1, 0.15) is 11.0 Å². The Morgan fingerprint density at radius 1 is 1.36 bits per heavy atom. The molecule has 22 heavy (non-hydrogen) atoms. The predicted molar refractivity (Wildman–Crippen MR) is 88.8 cm³/mol. The average molecular weight is 360 g/mol. The number of aromatic nitrogens is 3. The lowest BCUT2D eigenvalue weighted by molar-refractivity contribution is 0.135. The number of nitrogen functional groups attached to an aromatic ring is 1. The van der Waals surface area contributed by atoms with Gasteiger partial charge in [0.2, 0.25) is 5.95 Å². The molecule has 0 radical (unpaired) electrons. The summed E-state index contributed by atoms with van der Waals surface area (Å²) in [4.78, 5) is 15.6. The van der Waals surface area contributed by atoms with Crippen molar-refractivity contribution in [2.24, 2.45) is 0 Å². The number of aryl methyl sites for hydroxylation is 1. The van der Waals surface area contributed by atoms with E-state index in [1.807, 2.05) is 13.0 Å². The summed E-state index contributed by atoms with van der Waals surface area (Å²) in [6, 6.07) is 1.82. The molecular formula is C13H15Cl2N5OS. The molecule has 1 saturated heterocycles. The maximum absolute atomic E-state index is 6.22. The Hall–Kier alpha value is -1.15. The van der Waals surface area contributed by atoms with Gasteiger partial charge in [-0.3, -0.25) is 0 Å². The minimum atomic E-state index is -0.0892. The third-order valence-electron chi connectivity index (χ3n) is 3.38. The van der Waals surface area contributed by atoms with Crippen LogP contribution in [0.4, 0.5) is 11.8 Å². The molecule has 0 aliphatic carbocycles. The Bertz CT molecular complexity index is 660. The smallest absolute Gasteiger partial charge is 0.222 e. The Labute approximate surface area is 142 Å². The fourth-order valence-corrected chi connectivity index (χ4v) is 4.02. The van der Waals surface area contributed by atoms with Crippen LogP contribution in [0.15, 0.2) is 6.07 Å². The van der Waals surface area contributed by atoms with Crippen LogP contribution in [0.25, 0.3) is 0 Å². The Kier molecular flexibility index (Phi) is 4.67. The number of nitrogens with two attached hydrogens (primary N) is 1. The highest BCUT2D eigenvalue weighted by Crippen LogP contribution is 2.37. The standard InChI is InChI=1S/C13H15Cl2N5OS/c1-7-5-9(18-13(16)17-7)20-3-2-4-21-6-8(20)10-11(14)19-12(15)22-10/h5,8H,2-4,6H2,1H3,(H2,16,17,18). The molecule has 1 unspecified atom stereocenters. The molecule has 3 heterocycles. The highest BCUT2D eigenvalue weighted by Gasteiger charge is 2.29. The summed E-state index contributed by atoms with van der Waals surface area (Å²) in [5, 5.41) is 0.411. The van der Waals surface area contributed by atoms with Gasteiger partial charge < -0.3 is 15.4 Å². The number of ether oxygens (including phenoxy) is 1. The SMILES string of the molecule is Cc1cc(N2CCCOCC2c2sc(Cl)nc2Cl)nc(N)n1. The van der Waals surface area contributed by atoms with Crippen LogP contribution in [0.1, 0.15) is 23.0 Å². The van der Waals surface area contributed by atoms with E-state index >= 15 is 0 Å². The first-order valence-electron chi connectivity index (χ1n) is 6.82. The zero-order valence-electron chi connectivity index (χ0n) is 11.9. The van der Waals surface area contributed by atoms with Crippen molar-refractivity contribution < 1.29 is 4.74 Å². The number of hydrogen-bond donors (Lipinski definition) is 1. The number of rotatable bonds is 2. The van der Waals surface area contributed by atoms with E-state index in [9.17, 15) is 0 Å². The third-order valence-corrected chi connectivity index (χ3v) is 5.04. The summed E-state index contributed by atoms with van der Waals surface area (Å²) in [5.41, 5.74) is 6.61. The van der Waals surface area contributed by atoms with Crippen LogP contribution in [0.5, 0.6) is 0 Å². The summed E-state index contributed by atoms with van der Waals surface area (Å²) in [7, 11) is 0. The molecule has 0 amide bonds. The van der Waals surface area contributed by atoms with Crippen LogP contribution >= 0.6 is 34.5 Å². The molecule has 0 saturated carbocycles. The molecule has 2 aromatic rings. The molecule has 118 valence electrons. The topological polar surface area (TPSA) is 77.2 Å². The van der Waals surface area contributed by atoms with Crippen molar-refractivity contribution in [2.75, 3.05) is 30.4 Å². The van der Waals surface area contributed by atoms with E-state index in [4.69, 9.17) is 33.7 Å². The molecule has 1 atom stereocenters. The van der Waals surface area contributed by atoms with Crippen LogP contribution in [-0.4, -0.2) is 34.7 Å². The Balaban J connectivity index is 2.02. The van der Waals surface area contributed by atoms with Gasteiger partial charge in [-0.05, 0) is 13.3 Å². The molecule has 1 aliphatic rings.